The second-order valence-corrected chi connectivity index (χ2v) is 8.42. The molecule has 0 aromatic carbocycles. The van der Waals surface area contributed by atoms with E-state index in [-0.39, 0.29) is 36.4 Å². The molecule has 2 saturated carbocycles. The third kappa shape index (κ3) is 1.46. The Morgan fingerprint density at radius 3 is 2.67 bits per heavy atom. The molecule has 7 heteroatoms. The first-order valence-electron chi connectivity index (χ1n) is 8.59. The highest BCUT2D eigenvalue weighted by atomic mass is 16.7. The van der Waals surface area contributed by atoms with Crippen molar-refractivity contribution in [2.45, 2.75) is 75.3 Å². The van der Waals surface area contributed by atoms with Gasteiger partial charge in [0.1, 0.15) is 35.6 Å². The van der Waals surface area contributed by atoms with Crippen molar-refractivity contribution in [2.75, 3.05) is 0 Å². The lowest BCUT2D eigenvalue weighted by atomic mass is 9.73. The highest BCUT2D eigenvalue weighted by Crippen LogP contribution is 2.75. The summed E-state index contributed by atoms with van der Waals surface area (Å²) in [4.78, 5) is 23.9. The van der Waals surface area contributed by atoms with E-state index in [9.17, 15) is 14.7 Å². The molecule has 3 saturated heterocycles. The van der Waals surface area contributed by atoms with Crippen molar-refractivity contribution in [1.29, 1.82) is 0 Å². The van der Waals surface area contributed by atoms with E-state index in [1.54, 1.807) is 13.8 Å². The molecule has 7 nitrogen and oxygen atoms in total. The Kier molecular flexibility index (Phi) is 2.50. The number of epoxide rings is 2. The van der Waals surface area contributed by atoms with Crippen molar-refractivity contribution in [1.82, 2.24) is 0 Å². The van der Waals surface area contributed by atoms with Crippen LogP contribution in [0.5, 0.6) is 0 Å². The van der Waals surface area contributed by atoms with Crippen LogP contribution in [-0.2, 0) is 28.5 Å². The number of hydrogen-bond acceptors (Lipinski definition) is 7. The Balaban J connectivity index is 1.64. The third-order valence-corrected chi connectivity index (χ3v) is 7.03. The largest absolute Gasteiger partial charge is 0.462 e. The molecule has 0 amide bonds. The molecular formula is C17H22O7. The lowest BCUT2D eigenvalue weighted by molar-refractivity contribution is -0.155. The van der Waals surface area contributed by atoms with Gasteiger partial charge < -0.3 is 24.1 Å². The molecule has 2 unspecified atom stereocenters. The van der Waals surface area contributed by atoms with Gasteiger partial charge in [0.2, 0.25) is 0 Å². The van der Waals surface area contributed by atoms with E-state index in [4.69, 9.17) is 18.9 Å². The smallest absolute Gasteiger partial charge is 0.309 e. The minimum absolute atomic E-state index is 0.0606. The van der Waals surface area contributed by atoms with Crippen LogP contribution < -0.4 is 0 Å². The summed E-state index contributed by atoms with van der Waals surface area (Å²) < 4.78 is 23.1. The van der Waals surface area contributed by atoms with E-state index in [2.05, 4.69) is 0 Å². The lowest BCUT2D eigenvalue weighted by Crippen LogP contribution is -2.53. The standard InChI is InChI=1S/C17H22O7/c1-6-9-8(21-7(2)18)5-15(3,20)17-11(10(9)22-14(6)19)16(4)12(23-16)13(17)24-17/h6,8-13,20H,5H2,1-4H3/t6?,8-,9+,10?,11-,12-,13+,15+,16+,17-/m0/s1. The number of esters is 2. The lowest BCUT2D eigenvalue weighted by Gasteiger charge is -2.36. The maximum atomic E-state index is 12.3. The molecule has 1 N–H and O–H groups in total. The number of rotatable bonds is 1. The monoisotopic (exact) mass is 338 g/mol. The van der Waals surface area contributed by atoms with Gasteiger partial charge >= 0.3 is 11.9 Å². The first kappa shape index (κ1) is 15.1. The van der Waals surface area contributed by atoms with Crippen molar-refractivity contribution >= 4 is 11.9 Å². The second-order valence-electron chi connectivity index (χ2n) is 8.42. The topological polar surface area (TPSA) is 97.9 Å². The van der Waals surface area contributed by atoms with Crippen LogP contribution in [0.2, 0.25) is 0 Å². The van der Waals surface area contributed by atoms with Crippen molar-refractivity contribution in [3.8, 4) is 0 Å². The van der Waals surface area contributed by atoms with Crippen molar-refractivity contribution in [2.24, 2.45) is 17.8 Å². The predicted octanol–water partition coefficient (Wildman–Crippen LogP) is 0.175. The molecular weight excluding hydrogens is 316 g/mol. The van der Waals surface area contributed by atoms with Crippen molar-refractivity contribution in [3.63, 3.8) is 0 Å². The summed E-state index contributed by atoms with van der Waals surface area (Å²) in [5.74, 6) is -1.67. The number of hydrogen-bond donors (Lipinski definition) is 1. The van der Waals surface area contributed by atoms with Gasteiger partial charge in [-0.2, -0.15) is 0 Å². The van der Waals surface area contributed by atoms with E-state index < -0.39 is 40.9 Å². The Hall–Kier alpha value is -1.18. The second kappa shape index (κ2) is 3.97. The molecule has 3 aliphatic heterocycles. The van der Waals surface area contributed by atoms with Crippen LogP contribution in [0.1, 0.15) is 34.1 Å². The number of carbonyl (C=O) groups is 2. The van der Waals surface area contributed by atoms with Crippen molar-refractivity contribution in [3.05, 3.63) is 0 Å². The summed E-state index contributed by atoms with van der Waals surface area (Å²) >= 11 is 0. The van der Waals surface area contributed by atoms with Crippen LogP contribution in [0, 0.1) is 17.8 Å². The van der Waals surface area contributed by atoms with Gasteiger partial charge in [-0.3, -0.25) is 9.59 Å². The van der Waals surface area contributed by atoms with Crippen LogP contribution in [0.3, 0.4) is 0 Å². The molecule has 0 aromatic heterocycles. The van der Waals surface area contributed by atoms with E-state index >= 15 is 0 Å². The number of fused-ring (bicyclic) bond motifs is 5. The third-order valence-electron chi connectivity index (χ3n) is 7.03. The molecule has 132 valence electrons. The molecule has 5 fully saturated rings. The van der Waals surface area contributed by atoms with Crippen LogP contribution in [0.4, 0.5) is 0 Å². The molecule has 24 heavy (non-hydrogen) atoms. The summed E-state index contributed by atoms with van der Waals surface area (Å²) in [7, 11) is 0. The SMILES string of the molecule is CC(=O)O[C@H]1C[C@@](C)(O)[C@@]23O[C@@H]2[C@@H]2O[C@]2(C)[C@@H]3C2OC(=O)C(C)[C@@H]21. The van der Waals surface area contributed by atoms with Crippen molar-refractivity contribution < 1.29 is 33.6 Å². The summed E-state index contributed by atoms with van der Waals surface area (Å²) in [5.41, 5.74) is -2.42. The zero-order chi connectivity index (χ0) is 17.2. The maximum Gasteiger partial charge on any atom is 0.309 e. The number of carbonyl (C=O) groups excluding carboxylic acids is 2. The molecule has 0 bridgehead atoms. The molecule has 0 radical (unpaired) electrons. The summed E-state index contributed by atoms with van der Waals surface area (Å²) in [5, 5.41) is 11.3. The molecule has 10 atom stereocenters. The van der Waals surface area contributed by atoms with Gasteiger partial charge in [-0.05, 0) is 13.8 Å². The van der Waals surface area contributed by atoms with Gasteiger partial charge in [0.05, 0.1) is 17.4 Å². The van der Waals surface area contributed by atoms with Gasteiger partial charge in [-0.1, -0.05) is 6.92 Å². The van der Waals surface area contributed by atoms with E-state index in [1.807, 2.05) is 6.92 Å². The van der Waals surface area contributed by atoms with Gasteiger partial charge in [0, 0.05) is 19.3 Å². The van der Waals surface area contributed by atoms with Gasteiger partial charge in [-0.15, -0.1) is 0 Å². The highest BCUT2D eigenvalue weighted by Gasteiger charge is 2.93. The first-order chi connectivity index (χ1) is 11.1. The Labute approximate surface area is 139 Å². The van der Waals surface area contributed by atoms with Crippen LogP contribution in [0.25, 0.3) is 0 Å². The zero-order valence-electron chi connectivity index (χ0n) is 14.1. The molecule has 5 rings (SSSR count). The highest BCUT2D eigenvalue weighted by molar-refractivity contribution is 5.75. The average Bonchev–Trinajstić information content (AvgIpc) is 3.29. The summed E-state index contributed by atoms with van der Waals surface area (Å²) in [6, 6.07) is 0. The summed E-state index contributed by atoms with van der Waals surface area (Å²) in [6.45, 7) is 6.87. The van der Waals surface area contributed by atoms with Crippen LogP contribution >= 0.6 is 0 Å². The Morgan fingerprint density at radius 1 is 1.29 bits per heavy atom. The molecule has 5 aliphatic rings. The van der Waals surface area contributed by atoms with E-state index in [0.717, 1.165) is 0 Å². The number of aliphatic hydroxyl groups is 1. The molecule has 0 aromatic rings. The average molecular weight is 338 g/mol. The maximum absolute atomic E-state index is 12.3. The van der Waals surface area contributed by atoms with Crippen LogP contribution in [-0.4, -0.2) is 58.3 Å². The quantitative estimate of drug-likeness (QED) is 0.538. The normalized spacial score (nSPS) is 62.5. The van der Waals surface area contributed by atoms with Gasteiger partial charge in [0.25, 0.3) is 0 Å². The zero-order valence-corrected chi connectivity index (χ0v) is 14.1. The molecule has 1 spiro atoms. The first-order valence-corrected chi connectivity index (χ1v) is 8.59. The van der Waals surface area contributed by atoms with Gasteiger partial charge in [-0.25, -0.2) is 0 Å². The van der Waals surface area contributed by atoms with Gasteiger partial charge in [0.15, 0.2) is 0 Å². The fraction of sp³-hybridized carbons (Fsp3) is 0.882. The Bertz CT molecular complexity index is 659. The molecule has 2 aliphatic carbocycles. The Morgan fingerprint density at radius 2 is 2.00 bits per heavy atom. The van der Waals surface area contributed by atoms with Crippen LogP contribution in [0.15, 0.2) is 0 Å². The number of ether oxygens (including phenoxy) is 4. The fourth-order valence-electron chi connectivity index (χ4n) is 5.94. The summed E-state index contributed by atoms with van der Waals surface area (Å²) in [6.07, 6.45) is -1.09. The van der Waals surface area contributed by atoms with E-state index in [1.165, 1.54) is 6.92 Å². The fourth-order valence-corrected chi connectivity index (χ4v) is 5.94. The van der Waals surface area contributed by atoms with E-state index in [0.29, 0.717) is 0 Å². The molecule has 3 heterocycles. The predicted molar refractivity (Wildman–Crippen MR) is 77.7 cm³/mol. The minimum Gasteiger partial charge on any atom is -0.462 e. The minimum atomic E-state index is -1.18.